The van der Waals surface area contributed by atoms with Gasteiger partial charge in [0, 0.05) is 30.7 Å². The number of piperidine rings is 1. The Kier molecular flexibility index (Phi) is 5.11. The lowest BCUT2D eigenvalue weighted by molar-refractivity contribution is 0.0500. The number of benzene rings is 1. The summed E-state index contributed by atoms with van der Waals surface area (Å²) < 4.78 is 34.5. The molecule has 32 heavy (non-hydrogen) atoms. The van der Waals surface area contributed by atoms with Crippen molar-refractivity contribution in [2.45, 2.75) is 57.2 Å². The SMILES string of the molecule is CNc1nc2cc(Nc3ncc(F)c(N[C@@H]4C[C@@H]5CCCN5C(C)(C)C4)n3)c(F)cc2o1. The summed E-state index contributed by atoms with van der Waals surface area (Å²) in [5.74, 6) is -0.862. The van der Waals surface area contributed by atoms with Crippen LogP contribution in [0.25, 0.3) is 11.1 Å². The van der Waals surface area contributed by atoms with Gasteiger partial charge in [-0.05, 0) is 52.1 Å². The molecule has 2 aromatic heterocycles. The number of nitrogens with zero attached hydrogens (tertiary/aromatic N) is 4. The molecule has 0 spiro atoms. The van der Waals surface area contributed by atoms with Crippen LogP contribution >= 0.6 is 0 Å². The molecule has 170 valence electrons. The van der Waals surface area contributed by atoms with Crippen molar-refractivity contribution in [2.75, 3.05) is 29.5 Å². The Morgan fingerprint density at radius 2 is 2.03 bits per heavy atom. The summed E-state index contributed by atoms with van der Waals surface area (Å²) in [6.07, 6.45) is 5.30. The van der Waals surface area contributed by atoms with Crippen molar-refractivity contribution >= 4 is 34.6 Å². The van der Waals surface area contributed by atoms with Crippen LogP contribution in [0.4, 0.5) is 32.2 Å². The van der Waals surface area contributed by atoms with Crippen LogP contribution in [0.2, 0.25) is 0 Å². The smallest absolute Gasteiger partial charge is 0.295 e. The molecule has 2 saturated heterocycles. The van der Waals surface area contributed by atoms with E-state index in [0.29, 0.717) is 17.1 Å². The standard InChI is InChI=1S/C22H27F2N7O/c1-22(2)10-12(7-13-5-4-6-31(13)22)27-19-15(24)11-26-20(30-19)28-16-9-17-18(8-14(16)23)32-21(25-3)29-17/h8-9,11-13H,4-7,10H2,1-3H3,(H,25,29)(H2,26,27,28,30)/t12-,13+/m1/s1. The van der Waals surface area contributed by atoms with Gasteiger partial charge in [-0.25, -0.2) is 13.8 Å². The van der Waals surface area contributed by atoms with Gasteiger partial charge in [-0.2, -0.15) is 9.97 Å². The predicted molar refractivity (Wildman–Crippen MR) is 119 cm³/mol. The molecule has 2 fully saturated rings. The summed E-state index contributed by atoms with van der Waals surface area (Å²) in [5.41, 5.74) is 0.973. The molecule has 0 amide bonds. The summed E-state index contributed by atoms with van der Waals surface area (Å²) in [6.45, 7) is 5.60. The van der Waals surface area contributed by atoms with Crippen LogP contribution in [0.1, 0.15) is 39.5 Å². The van der Waals surface area contributed by atoms with E-state index < -0.39 is 11.6 Å². The number of aromatic nitrogens is 3. The van der Waals surface area contributed by atoms with Crippen LogP contribution in [-0.4, -0.2) is 51.1 Å². The Bertz CT molecular complexity index is 1150. The molecule has 5 rings (SSSR count). The van der Waals surface area contributed by atoms with Crippen molar-refractivity contribution in [1.82, 2.24) is 19.9 Å². The molecule has 0 radical (unpaired) electrons. The number of oxazole rings is 1. The van der Waals surface area contributed by atoms with Gasteiger partial charge >= 0.3 is 0 Å². The second-order valence-corrected chi connectivity index (χ2v) is 9.17. The van der Waals surface area contributed by atoms with E-state index >= 15 is 0 Å². The van der Waals surface area contributed by atoms with Crippen LogP contribution in [-0.2, 0) is 0 Å². The third-order valence-corrected chi connectivity index (χ3v) is 6.48. The first-order valence-corrected chi connectivity index (χ1v) is 10.9. The Morgan fingerprint density at radius 3 is 2.84 bits per heavy atom. The van der Waals surface area contributed by atoms with Gasteiger partial charge < -0.3 is 20.4 Å². The number of hydrogen-bond acceptors (Lipinski definition) is 8. The Morgan fingerprint density at radius 1 is 1.19 bits per heavy atom. The topological polar surface area (TPSA) is 91.1 Å². The van der Waals surface area contributed by atoms with Crippen LogP contribution in [0.15, 0.2) is 22.7 Å². The third-order valence-electron chi connectivity index (χ3n) is 6.48. The van der Waals surface area contributed by atoms with Crippen LogP contribution in [0.3, 0.4) is 0 Å². The first-order valence-electron chi connectivity index (χ1n) is 10.9. The van der Waals surface area contributed by atoms with Crippen LogP contribution < -0.4 is 16.0 Å². The lowest BCUT2D eigenvalue weighted by atomic mass is 9.84. The highest BCUT2D eigenvalue weighted by Crippen LogP contribution is 2.38. The minimum absolute atomic E-state index is 0.0456. The lowest BCUT2D eigenvalue weighted by Crippen LogP contribution is -2.55. The molecule has 4 heterocycles. The van der Waals surface area contributed by atoms with Gasteiger partial charge in [-0.1, -0.05) is 0 Å². The van der Waals surface area contributed by atoms with E-state index in [-0.39, 0.29) is 35.0 Å². The zero-order chi connectivity index (χ0) is 22.5. The van der Waals surface area contributed by atoms with Gasteiger partial charge in [0.2, 0.25) is 5.95 Å². The summed E-state index contributed by atoms with van der Waals surface area (Å²) in [7, 11) is 1.67. The summed E-state index contributed by atoms with van der Waals surface area (Å²) in [6, 6.07) is 3.64. The molecule has 0 bridgehead atoms. The van der Waals surface area contributed by atoms with Crippen LogP contribution in [0, 0.1) is 11.6 Å². The number of nitrogens with one attached hydrogen (secondary N) is 3. The molecule has 2 aliphatic heterocycles. The minimum atomic E-state index is -0.547. The number of rotatable bonds is 5. The molecule has 0 aliphatic carbocycles. The molecule has 10 heteroatoms. The van der Waals surface area contributed by atoms with Gasteiger partial charge in [0.05, 0.1) is 11.9 Å². The average Bonchev–Trinajstić information content (AvgIpc) is 3.37. The summed E-state index contributed by atoms with van der Waals surface area (Å²) >= 11 is 0. The summed E-state index contributed by atoms with van der Waals surface area (Å²) in [4.78, 5) is 15.1. The van der Waals surface area contributed by atoms with Gasteiger partial charge in [-0.3, -0.25) is 4.90 Å². The largest absolute Gasteiger partial charge is 0.423 e. The first-order chi connectivity index (χ1) is 15.3. The number of halogens is 2. The predicted octanol–water partition coefficient (Wildman–Crippen LogP) is 4.50. The molecule has 3 aromatic rings. The molecule has 1 aromatic carbocycles. The second kappa shape index (κ2) is 7.84. The maximum atomic E-state index is 14.6. The maximum Gasteiger partial charge on any atom is 0.295 e. The van der Waals surface area contributed by atoms with Crippen molar-refractivity contribution in [3.05, 3.63) is 30.0 Å². The molecular weight excluding hydrogens is 416 g/mol. The number of hydrogen-bond donors (Lipinski definition) is 3. The highest BCUT2D eigenvalue weighted by molar-refractivity contribution is 5.80. The molecule has 0 saturated carbocycles. The quantitative estimate of drug-likeness (QED) is 0.531. The van der Waals surface area contributed by atoms with Gasteiger partial charge in [0.1, 0.15) is 5.52 Å². The average molecular weight is 444 g/mol. The molecule has 8 nitrogen and oxygen atoms in total. The molecular formula is C22H27F2N7O. The fourth-order valence-electron chi connectivity index (χ4n) is 5.11. The molecule has 2 aliphatic rings. The fourth-order valence-corrected chi connectivity index (χ4v) is 5.11. The monoisotopic (exact) mass is 443 g/mol. The van der Waals surface area contributed by atoms with Crippen molar-refractivity contribution in [3.63, 3.8) is 0 Å². The first kappa shape index (κ1) is 20.9. The Balaban J connectivity index is 1.36. The normalized spacial score (nSPS) is 22.7. The van der Waals surface area contributed by atoms with Crippen molar-refractivity contribution in [1.29, 1.82) is 0 Å². The third kappa shape index (κ3) is 3.83. The van der Waals surface area contributed by atoms with E-state index in [9.17, 15) is 8.78 Å². The maximum absolute atomic E-state index is 14.6. The van der Waals surface area contributed by atoms with E-state index in [0.717, 1.165) is 25.6 Å². The summed E-state index contributed by atoms with van der Waals surface area (Å²) in [5, 5.41) is 8.89. The Hall–Kier alpha value is -3.01. The highest BCUT2D eigenvalue weighted by Gasteiger charge is 2.43. The zero-order valence-corrected chi connectivity index (χ0v) is 18.4. The van der Waals surface area contributed by atoms with E-state index in [2.05, 4.69) is 49.6 Å². The minimum Gasteiger partial charge on any atom is -0.423 e. The molecule has 2 atom stereocenters. The van der Waals surface area contributed by atoms with E-state index in [4.69, 9.17) is 4.42 Å². The fraction of sp³-hybridized carbons (Fsp3) is 0.500. The highest BCUT2D eigenvalue weighted by atomic mass is 19.1. The lowest BCUT2D eigenvalue weighted by Gasteiger charge is -2.47. The molecule has 0 unspecified atom stereocenters. The van der Waals surface area contributed by atoms with Gasteiger partial charge in [0.15, 0.2) is 23.0 Å². The second-order valence-electron chi connectivity index (χ2n) is 9.17. The van der Waals surface area contributed by atoms with E-state index in [1.54, 1.807) is 7.05 Å². The van der Waals surface area contributed by atoms with Gasteiger partial charge in [-0.15, -0.1) is 0 Å². The van der Waals surface area contributed by atoms with Gasteiger partial charge in [0.25, 0.3) is 6.01 Å². The van der Waals surface area contributed by atoms with Crippen molar-refractivity contribution < 1.29 is 13.2 Å². The van der Waals surface area contributed by atoms with E-state index in [1.807, 2.05) is 0 Å². The molecule has 3 N–H and O–H groups in total. The van der Waals surface area contributed by atoms with Crippen LogP contribution in [0.5, 0.6) is 0 Å². The van der Waals surface area contributed by atoms with E-state index in [1.165, 1.54) is 25.0 Å². The zero-order valence-electron chi connectivity index (χ0n) is 18.4. The van der Waals surface area contributed by atoms with Crippen molar-refractivity contribution in [2.24, 2.45) is 0 Å². The number of fused-ring (bicyclic) bond motifs is 2. The number of anilines is 4. The Labute approximate surface area is 184 Å². The van der Waals surface area contributed by atoms with Crippen molar-refractivity contribution in [3.8, 4) is 0 Å².